The third-order valence-corrected chi connectivity index (χ3v) is 4.87. The molecule has 1 aliphatic rings. The molecule has 0 bridgehead atoms. The van der Waals surface area contributed by atoms with Crippen molar-refractivity contribution < 1.29 is 4.74 Å². The number of rotatable bonds is 6. The molecule has 1 fully saturated rings. The lowest BCUT2D eigenvalue weighted by molar-refractivity contribution is -0.0351. The average molecular weight is 275 g/mol. The fraction of sp³-hybridized carbons (Fsp3) is 0.667. The molecule has 112 valence electrons. The second-order valence-electron chi connectivity index (χ2n) is 6.22. The standard InChI is InChI=1S/C18H29NO/c1-5-19-17(18(20-4)10-6-7-11-18)13-16-12-14(2)8-9-15(16)3/h8-9,12,17,19H,5-7,10-11,13H2,1-4H3. The first-order valence-corrected chi connectivity index (χ1v) is 7.96. The van der Waals surface area contributed by atoms with Gasteiger partial charge < -0.3 is 10.1 Å². The molecule has 1 aromatic carbocycles. The smallest absolute Gasteiger partial charge is 0.0834 e. The zero-order chi connectivity index (χ0) is 14.6. The molecule has 1 saturated carbocycles. The van der Waals surface area contributed by atoms with Gasteiger partial charge >= 0.3 is 0 Å². The zero-order valence-electron chi connectivity index (χ0n) is 13.5. The highest BCUT2D eigenvalue weighted by Crippen LogP contribution is 2.37. The van der Waals surface area contributed by atoms with Crippen molar-refractivity contribution in [1.82, 2.24) is 5.32 Å². The molecule has 0 aromatic heterocycles. The quantitative estimate of drug-likeness (QED) is 0.853. The highest BCUT2D eigenvalue weighted by atomic mass is 16.5. The van der Waals surface area contributed by atoms with E-state index in [-0.39, 0.29) is 5.60 Å². The first kappa shape index (κ1) is 15.5. The highest BCUT2D eigenvalue weighted by molar-refractivity contribution is 5.31. The molecule has 0 radical (unpaired) electrons. The number of aryl methyl sites for hydroxylation is 2. The van der Waals surface area contributed by atoms with Crippen LogP contribution < -0.4 is 5.32 Å². The van der Waals surface area contributed by atoms with Crippen LogP contribution >= 0.6 is 0 Å². The van der Waals surface area contributed by atoms with Crippen molar-refractivity contribution in [1.29, 1.82) is 0 Å². The summed E-state index contributed by atoms with van der Waals surface area (Å²) in [6.07, 6.45) is 6.03. The molecule has 0 amide bonds. The third kappa shape index (κ3) is 3.24. The largest absolute Gasteiger partial charge is 0.377 e. The van der Waals surface area contributed by atoms with Crippen LogP contribution in [0, 0.1) is 13.8 Å². The molecule has 1 aliphatic carbocycles. The van der Waals surface area contributed by atoms with Crippen LogP contribution in [0.3, 0.4) is 0 Å². The van der Waals surface area contributed by atoms with Crippen molar-refractivity contribution in [2.75, 3.05) is 13.7 Å². The van der Waals surface area contributed by atoms with E-state index in [2.05, 4.69) is 44.3 Å². The number of hydrogen-bond acceptors (Lipinski definition) is 2. The van der Waals surface area contributed by atoms with Gasteiger partial charge in [-0.15, -0.1) is 0 Å². The summed E-state index contributed by atoms with van der Waals surface area (Å²) in [6.45, 7) is 7.58. The van der Waals surface area contributed by atoms with E-state index in [1.807, 2.05) is 7.11 Å². The average Bonchev–Trinajstić information content (AvgIpc) is 2.92. The van der Waals surface area contributed by atoms with E-state index in [0.29, 0.717) is 6.04 Å². The van der Waals surface area contributed by atoms with Crippen LogP contribution in [0.1, 0.15) is 49.3 Å². The topological polar surface area (TPSA) is 21.3 Å². The summed E-state index contributed by atoms with van der Waals surface area (Å²) >= 11 is 0. The Morgan fingerprint density at radius 1 is 1.25 bits per heavy atom. The molecule has 1 aromatic rings. The van der Waals surface area contributed by atoms with Crippen LogP contribution in [0.4, 0.5) is 0 Å². The first-order chi connectivity index (χ1) is 9.61. The van der Waals surface area contributed by atoms with Crippen LogP contribution in [-0.4, -0.2) is 25.3 Å². The maximum Gasteiger partial charge on any atom is 0.0834 e. The van der Waals surface area contributed by atoms with Gasteiger partial charge in [-0.25, -0.2) is 0 Å². The maximum absolute atomic E-state index is 5.99. The summed E-state index contributed by atoms with van der Waals surface area (Å²) in [5.74, 6) is 0. The zero-order valence-corrected chi connectivity index (χ0v) is 13.5. The van der Waals surface area contributed by atoms with Gasteiger partial charge in [0.15, 0.2) is 0 Å². The molecule has 2 nitrogen and oxygen atoms in total. The Labute approximate surface area is 123 Å². The van der Waals surface area contributed by atoms with Gasteiger partial charge in [0.25, 0.3) is 0 Å². The van der Waals surface area contributed by atoms with Gasteiger partial charge in [0.2, 0.25) is 0 Å². The molecule has 0 aliphatic heterocycles. The van der Waals surface area contributed by atoms with E-state index in [1.165, 1.54) is 42.4 Å². The molecular weight excluding hydrogens is 246 g/mol. The van der Waals surface area contributed by atoms with E-state index in [0.717, 1.165) is 13.0 Å². The van der Waals surface area contributed by atoms with E-state index in [9.17, 15) is 0 Å². The lowest BCUT2D eigenvalue weighted by Gasteiger charge is -2.37. The SMILES string of the molecule is CCNC(Cc1cc(C)ccc1C)C1(OC)CCCC1. The molecule has 20 heavy (non-hydrogen) atoms. The van der Waals surface area contributed by atoms with Crippen LogP contribution in [0.15, 0.2) is 18.2 Å². The lowest BCUT2D eigenvalue weighted by atomic mass is 9.86. The summed E-state index contributed by atoms with van der Waals surface area (Å²) in [5.41, 5.74) is 4.23. The number of nitrogens with one attached hydrogen (secondary N) is 1. The van der Waals surface area contributed by atoms with Gasteiger partial charge in [-0.3, -0.25) is 0 Å². The minimum absolute atomic E-state index is 0.0339. The summed E-state index contributed by atoms with van der Waals surface area (Å²) in [4.78, 5) is 0. The van der Waals surface area contributed by atoms with Crippen LogP contribution in [0.2, 0.25) is 0 Å². The second-order valence-corrected chi connectivity index (χ2v) is 6.22. The Morgan fingerprint density at radius 2 is 1.95 bits per heavy atom. The van der Waals surface area contributed by atoms with Gasteiger partial charge in [-0.2, -0.15) is 0 Å². The summed E-state index contributed by atoms with van der Waals surface area (Å²) in [7, 11) is 1.89. The molecule has 0 heterocycles. The molecule has 0 saturated heterocycles. The number of methoxy groups -OCH3 is 1. The maximum atomic E-state index is 5.99. The number of hydrogen-bond donors (Lipinski definition) is 1. The minimum Gasteiger partial charge on any atom is -0.377 e. The van der Waals surface area contributed by atoms with Crippen LogP contribution in [0.25, 0.3) is 0 Å². The number of ether oxygens (including phenoxy) is 1. The number of likely N-dealkylation sites (N-methyl/N-ethyl adjacent to an activating group) is 1. The Bertz CT molecular complexity index is 435. The van der Waals surface area contributed by atoms with E-state index in [4.69, 9.17) is 4.74 Å². The monoisotopic (exact) mass is 275 g/mol. The predicted octanol–water partition coefficient (Wildman–Crippen LogP) is 3.78. The third-order valence-electron chi connectivity index (χ3n) is 4.87. The Hall–Kier alpha value is -0.860. The fourth-order valence-corrected chi connectivity index (χ4v) is 3.60. The molecule has 2 heteroatoms. The van der Waals surface area contributed by atoms with Crippen molar-refractivity contribution in [3.8, 4) is 0 Å². The molecule has 1 N–H and O–H groups in total. The summed E-state index contributed by atoms with van der Waals surface area (Å²) in [5, 5.41) is 3.69. The Balaban J connectivity index is 2.22. The second kappa shape index (κ2) is 6.73. The van der Waals surface area contributed by atoms with Crippen molar-refractivity contribution in [3.63, 3.8) is 0 Å². The van der Waals surface area contributed by atoms with E-state index < -0.39 is 0 Å². The van der Waals surface area contributed by atoms with Crippen molar-refractivity contribution in [2.24, 2.45) is 0 Å². The minimum atomic E-state index is 0.0339. The fourth-order valence-electron chi connectivity index (χ4n) is 3.60. The molecule has 0 spiro atoms. The van der Waals surface area contributed by atoms with E-state index in [1.54, 1.807) is 0 Å². The van der Waals surface area contributed by atoms with Gasteiger partial charge in [0.1, 0.15) is 0 Å². The van der Waals surface area contributed by atoms with Crippen molar-refractivity contribution >= 4 is 0 Å². The lowest BCUT2D eigenvalue weighted by Crippen LogP contribution is -2.51. The molecule has 1 atom stereocenters. The molecule has 1 unspecified atom stereocenters. The normalized spacial score (nSPS) is 19.2. The van der Waals surface area contributed by atoms with Crippen LogP contribution in [0.5, 0.6) is 0 Å². The highest BCUT2D eigenvalue weighted by Gasteiger charge is 2.41. The van der Waals surface area contributed by atoms with E-state index >= 15 is 0 Å². The van der Waals surface area contributed by atoms with Gasteiger partial charge in [-0.05, 0) is 50.8 Å². The van der Waals surface area contributed by atoms with Crippen LogP contribution in [-0.2, 0) is 11.2 Å². The summed E-state index contributed by atoms with van der Waals surface area (Å²) < 4.78 is 5.99. The van der Waals surface area contributed by atoms with Gasteiger partial charge in [-0.1, -0.05) is 43.5 Å². The predicted molar refractivity (Wildman–Crippen MR) is 85.3 cm³/mol. The Kier molecular flexibility index (Phi) is 5.22. The van der Waals surface area contributed by atoms with Gasteiger partial charge in [0.05, 0.1) is 5.60 Å². The Morgan fingerprint density at radius 3 is 2.55 bits per heavy atom. The molecule has 2 rings (SSSR count). The van der Waals surface area contributed by atoms with Crippen molar-refractivity contribution in [3.05, 3.63) is 34.9 Å². The first-order valence-electron chi connectivity index (χ1n) is 7.96. The number of benzene rings is 1. The summed E-state index contributed by atoms with van der Waals surface area (Å²) in [6, 6.07) is 7.18. The van der Waals surface area contributed by atoms with Gasteiger partial charge in [0, 0.05) is 13.2 Å². The molecular formula is C18H29NO. The van der Waals surface area contributed by atoms with Crippen molar-refractivity contribution in [2.45, 2.75) is 64.5 Å².